The van der Waals surface area contributed by atoms with Crippen molar-refractivity contribution in [2.24, 2.45) is 5.92 Å². The predicted octanol–water partition coefficient (Wildman–Crippen LogP) is 2.78. The molecule has 98 valence electrons. The van der Waals surface area contributed by atoms with E-state index in [4.69, 9.17) is 23.2 Å². The van der Waals surface area contributed by atoms with Crippen LogP contribution in [0.1, 0.15) is 24.9 Å². The van der Waals surface area contributed by atoms with E-state index in [-0.39, 0.29) is 17.9 Å². The smallest absolute Gasteiger partial charge is 0.224 e. The number of hydrogen-bond acceptors (Lipinski definition) is 2. The molecule has 1 amide bonds. The highest BCUT2D eigenvalue weighted by atomic mass is 35.5. The molecule has 2 unspecified atom stereocenters. The second kappa shape index (κ2) is 5.91. The lowest BCUT2D eigenvalue weighted by atomic mass is 10.1. The van der Waals surface area contributed by atoms with E-state index in [1.807, 2.05) is 13.0 Å². The van der Waals surface area contributed by atoms with Crippen LogP contribution < -0.4 is 10.6 Å². The van der Waals surface area contributed by atoms with Gasteiger partial charge in [-0.15, -0.1) is 0 Å². The minimum Gasteiger partial charge on any atom is -0.349 e. The van der Waals surface area contributed by atoms with Crippen LogP contribution in [-0.2, 0) is 4.79 Å². The average molecular weight is 287 g/mol. The highest BCUT2D eigenvalue weighted by Crippen LogP contribution is 2.26. The molecule has 0 bridgehead atoms. The van der Waals surface area contributed by atoms with Crippen molar-refractivity contribution in [3.05, 3.63) is 33.8 Å². The van der Waals surface area contributed by atoms with E-state index in [9.17, 15) is 4.79 Å². The predicted molar refractivity (Wildman–Crippen MR) is 74.0 cm³/mol. The molecule has 1 heterocycles. The van der Waals surface area contributed by atoms with Crippen molar-refractivity contribution >= 4 is 29.1 Å². The lowest BCUT2D eigenvalue weighted by Gasteiger charge is -2.18. The fourth-order valence-corrected chi connectivity index (χ4v) is 2.71. The zero-order valence-electron chi connectivity index (χ0n) is 10.2. The van der Waals surface area contributed by atoms with Crippen LogP contribution in [-0.4, -0.2) is 19.0 Å². The summed E-state index contributed by atoms with van der Waals surface area (Å²) >= 11 is 12.0. The van der Waals surface area contributed by atoms with Crippen LogP contribution in [0.15, 0.2) is 18.2 Å². The van der Waals surface area contributed by atoms with Gasteiger partial charge in [-0.25, -0.2) is 0 Å². The molecule has 0 aliphatic carbocycles. The van der Waals surface area contributed by atoms with Crippen molar-refractivity contribution in [1.29, 1.82) is 0 Å². The zero-order chi connectivity index (χ0) is 13.1. The molecular weight excluding hydrogens is 271 g/mol. The van der Waals surface area contributed by atoms with Gasteiger partial charge in [0.2, 0.25) is 5.91 Å². The largest absolute Gasteiger partial charge is 0.349 e. The van der Waals surface area contributed by atoms with Crippen molar-refractivity contribution in [2.75, 3.05) is 13.1 Å². The van der Waals surface area contributed by atoms with E-state index in [2.05, 4.69) is 10.6 Å². The first-order valence-corrected chi connectivity index (χ1v) is 6.79. The van der Waals surface area contributed by atoms with E-state index in [0.717, 1.165) is 25.1 Å². The van der Waals surface area contributed by atoms with Crippen molar-refractivity contribution < 1.29 is 4.79 Å². The van der Waals surface area contributed by atoms with Gasteiger partial charge in [0.1, 0.15) is 0 Å². The maximum Gasteiger partial charge on any atom is 0.224 e. The number of amides is 1. The minimum atomic E-state index is -0.108. The summed E-state index contributed by atoms with van der Waals surface area (Å²) in [6.07, 6.45) is 0.896. The Hall–Kier alpha value is -0.770. The second-order valence-corrected chi connectivity index (χ2v) is 5.43. The summed E-state index contributed by atoms with van der Waals surface area (Å²) < 4.78 is 0. The fraction of sp³-hybridized carbons (Fsp3) is 0.462. The SMILES string of the molecule is CC(NC(=O)C1CCNC1)c1ccc(Cl)cc1Cl. The fourth-order valence-electron chi connectivity index (χ4n) is 2.14. The number of nitrogens with one attached hydrogen (secondary N) is 2. The van der Waals surface area contributed by atoms with Gasteiger partial charge in [-0.05, 0) is 37.6 Å². The summed E-state index contributed by atoms with van der Waals surface area (Å²) in [6.45, 7) is 3.59. The molecule has 2 atom stereocenters. The molecule has 1 fully saturated rings. The van der Waals surface area contributed by atoms with Crippen molar-refractivity contribution in [3.63, 3.8) is 0 Å². The average Bonchev–Trinajstić information content (AvgIpc) is 2.81. The van der Waals surface area contributed by atoms with E-state index in [1.54, 1.807) is 12.1 Å². The molecule has 0 saturated carbocycles. The van der Waals surface area contributed by atoms with Crippen molar-refractivity contribution in [1.82, 2.24) is 10.6 Å². The van der Waals surface area contributed by atoms with Crippen LogP contribution in [0, 0.1) is 5.92 Å². The third-order valence-electron chi connectivity index (χ3n) is 3.22. The first kappa shape index (κ1) is 13.7. The topological polar surface area (TPSA) is 41.1 Å². The first-order chi connectivity index (χ1) is 8.58. The molecule has 0 radical (unpaired) electrons. The molecule has 1 aromatic rings. The highest BCUT2D eigenvalue weighted by Gasteiger charge is 2.24. The molecule has 0 spiro atoms. The monoisotopic (exact) mass is 286 g/mol. The number of carbonyl (C=O) groups excluding carboxylic acids is 1. The number of carbonyl (C=O) groups is 1. The minimum absolute atomic E-state index is 0.0681. The van der Waals surface area contributed by atoms with Crippen LogP contribution in [0.25, 0.3) is 0 Å². The Morgan fingerprint density at radius 1 is 1.50 bits per heavy atom. The van der Waals surface area contributed by atoms with Gasteiger partial charge >= 0.3 is 0 Å². The van der Waals surface area contributed by atoms with E-state index in [1.165, 1.54) is 0 Å². The molecule has 3 nitrogen and oxygen atoms in total. The standard InChI is InChI=1S/C13H16Cl2N2O/c1-8(11-3-2-10(14)6-12(11)15)17-13(18)9-4-5-16-7-9/h2-3,6,8-9,16H,4-5,7H2,1H3,(H,17,18). The summed E-state index contributed by atoms with van der Waals surface area (Å²) in [6, 6.07) is 5.21. The molecule has 1 aliphatic heterocycles. The molecule has 2 rings (SSSR count). The highest BCUT2D eigenvalue weighted by molar-refractivity contribution is 6.35. The maximum atomic E-state index is 12.0. The van der Waals surface area contributed by atoms with Gasteiger partial charge in [-0.2, -0.15) is 0 Å². The van der Waals surface area contributed by atoms with Crippen molar-refractivity contribution in [3.8, 4) is 0 Å². The molecule has 1 saturated heterocycles. The number of benzene rings is 1. The van der Waals surface area contributed by atoms with E-state index < -0.39 is 0 Å². The van der Waals surface area contributed by atoms with E-state index in [0.29, 0.717) is 10.0 Å². The van der Waals surface area contributed by atoms with Crippen LogP contribution >= 0.6 is 23.2 Å². The zero-order valence-corrected chi connectivity index (χ0v) is 11.7. The molecule has 0 aromatic heterocycles. The number of hydrogen-bond donors (Lipinski definition) is 2. The molecule has 1 aliphatic rings. The molecule has 18 heavy (non-hydrogen) atoms. The van der Waals surface area contributed by atoms with Gasteiger partial charge in [0.25, 0.3) is 0 Å². The lowest BCUT2D eigenvalue weighted by molar-refractivity contribution is -0.125. The molecule has 5 heteroatoms. The summed E-state index contributed by atoms with van der Waals surface area (Å²) in [5.41, 5.74) is 0.889. The second-order valence-electron chi connectivity index (χ2n) is 4.59. The number of rotatable bonds is 3. The van der Waals surface area contributed by atoms with Crippen LogP contribution in [0.3, 0.4) is 0 Å². The van der Waals surface area contributed by atoms with Crippen LogP contribution in [0.5, 0.6) is 0 Å². The van der Waals surface area contributed by atoms with Gasteiger partial charge in [0.05, 0.1) is 12.0 Å². The first-order valence-electron chi connectivity index (χ1n) is 6.04. The van der Waals surface area contributed by atoms with E-state index >= 15 is 0 Å². The van der Waals surface area contributed by atoms with Crippen LogP contribution in [0.4, 0.5) is 0 Å². The van der Waals surface area contributed by atoms with Crippen molar-refractivity contribution in [2.45, 2.75) is 19.4 Å². The van der Waals surface area contributed by atoms with Gasteiger partial charge in [-0.3, -0.25) is 4.79 Å². The Bertz CT molecular complexity index is 445. The van der Waals surface area contributed by atoms with Gasteiger partial charge in [0, 0.05) is 16.6 Å². The molecule has 1 aromatic carbocycles. The maximum absolute atomic E-state index is 12.0. The van der Waals surface area contributed by atoms with Crippen LogP contribution in [0.2, 0.25) is 10.0 Å². The molecule has 2 N–H and O–H groups in total. The lowest BCUT2D eigenvalue weighted by Crippen LogP contribution is -2.33. The summed E-state index contributed by atoms with van der Waals surface area (Å²) in [7, 11) is 0. The Balaban J connectivity index is 2.02. The van der Waals surface area contributed by atoms with Gasteiger partial charge < -0.3 is 10.6 Å². The quantitative estimate of drug-likeness (QED) is 0.897. The number of halogens is 2. The van der Waals surface area contributed by atoms with Gasteiger partial charge in [0.15, 0.2) is 0 Å². The van der Waals surface area contributed by atoms with Gasteiger partial charge in [-0.1, -0.05) is 29.3 Å². The Morgan fingerprint density at radius 2 is 2.28 bits per heavy atom. The third kappa shape index (κ3) is 3.16. The normalized spacial score (nSPS) is 20.7. The Morgan fingerprint density at radius 3 is 2.89 bits per heavy atom. The summed E-state index contributed by atoms with van der Waals surface area (Å²) in [5, 5.41) is 7.36. The summed E-state index contributed by atoms with van der Waals surface area (Å²) in [5.74, 6) is 0.150. The summed E-state index contributed by atoms with van der Waals surface area (Å²) in [4.78, 5) is 12.0. The Kier molecular flexibility index (Phi) is 4.49. The Labute approximate surface area is 117 Å². The molecular formula is C13H16Cl2N2O. The third-order valence-corrected chi connectivity index (χ3v) is 3.78.